The lowest BCUT2D eigenvalue weighted by molar-refractivity contribution is 0.286. The van der Waals surface area contributed by atoms with Crippen LogP contribution in [0.15, 0.2) is 16.6 Å². The summed E-state index contributed by atoms with van der Waals surface area (Å²) in [4.78, 5) is 0. The summed E-state index contributed by atoms with van der Waals surface area (Å²) in [5.41, 5.74) is 2.85. The maximum absolute atomic E-state index is 5.73. The Balaban J connectivity index is 1.92. The molecule has 1 N–H and O–H groups in total. The van der Waals surface area contributed by atoms with E-state index >= 15 is 0 Å². The fourth-order valence-electron chi connectivity index (χ4n) is 2.83. The van der Waals surface area contributed by atoms with Gasteiger partial charge in [0.25, 0.3) is 0 Å². The molecule has 2 nitrogen and oxygen atoms in total. The van der Waals surface area contributed by atoms with E-state index in [1.807, 2.05) is 0 Å². The molecule has 0 saturated carbocycles. The minimum Gasteiger partial charge on any atom is -0.492 e. The zero-order chi connectivity index (χ0) is 11.7. The molecule has 2 aliphatic rings. The van der Waals surface area contributed by atoms with Crippen molar-refractivity contribution in [2.24, 2.45) is 0 Å². The molecule has 0 amide bonds. The Hall–Kier alpha value is -0.540. The molecule has 2 heterocycles. The highest BCUT2D eigenvalue weighted by Gasteiger charge is 2.20. The van der Waals surface area contributed by atoms with Crippen molar-refractivity contribution < 1.29 is 4.74 Å². The van der Waals surface area contributed by atoms with Crippen LogP contribution in [0, 0.1) is 0 Å². The molecule has 0 bridgehead atoms. The fraction of sp³-hybridized carbons (Fsp3) is 0.571. The number of halogens is 1. The van der Waals surface area contributed by atoms with Gasteiger partial charge in [-0.15, -0.1) is 0 Å². The van der Waals surface area contributed by atoms with E-state index in [4.69, 9.17) is 4.74 Å². The third-order valence-corrected chi connectivity index (χ3v) is 4.34. The van der Waals surface area contributed by atoms with Crippen LogP contribution in [0.4, 0.5) is 0 Å². The van der Waals surface area contributed by atoms with E-state index in [9.17, 15) is 0 Å². The van der Waals surface area contributed by atoms with Gasteiger partial charge in [-0.3, -0.25) is 0 Å². The molecular weight excluding hydrogens is 278 g/mol. The van der Waals surface area contributed by atoms with Gasteiger partial charge in [-0.2, -0.15) is 0 Å². The molecule has 0 radical (unpaired) electrons. The lowest BCUT2D eigenvalue weighted by Crippen LogP contribution is -2.28. The molecule has 1 fully saturated rings. The van der Waals surface area contributed by atoms with Crippen LogP contribution in [0.5, 0.6) is 5.75 Å². The maximum atomic E-state index is 5.73. The molecule has 2 aliphatic heterocycles. The number of benzene rings is 1. The summed E-state index contributed by atoms with van der Waals surface area (Å²) >= 11 is 3.65. The van der Waals surface area contributed by atoms with E-state index < -0.39 is 0 Å². The van der Waals surface area contributed by atoms with Crippen LogP contribution in [0.2, 0.25) is 0 Å². The molecule has 3 rings (SSSR count). The van der Waals surface area contributed by atoms with Gasteiger partial charge in [0.2, 0.25) is 0 Å². The van der Waals surface area contributed by atoms with Gasteiger partial charge in [0.15, 0.2) is 0 Å². The van der Waals surface area contributed by atoms with Crippen LogP contribution < -0.4 is 10.1 Å². The number of fused-ring (bicyclic) bond motifs is 1. The molecule has 92 valence electrons. The largest absolute Gasteiger partial charge is 0.492 e. The lowest BCUT2D eigenvalue weighted by atomic mass is 9.89. The maximum Gasteiger partial charge on any atom is 0.136 e. The molecule has 1 aromatic carbocycles. The van der Waals surface area contributed by atoms with Crippen LogP contribution in [0.25, 0.3) is 0 Å². The van der Waals surface area contributed by atoms with Crippen LogP contribution in [0.3, 0.4) is 0 Å². The zero-order valence-corrected chi connectivity index (χ0v) is 11.6. The predicted octanol–water partition coefficient (Wildman–Crippen LogP) is 3.24. The normalized spacial score (nSPS) is 23.9. The van der Waals surface area contributed by atoms with Crippen molar-refractivity contribution in [1.29, 1.82) is 0 Å². The molecule has 0 aromatic heterocycles. The van der Waals surface area contributed by atoms with Gasteiger partial charge in [-0.25, -0.2) is 0 Å². The van der Waals surface area contributed by atoms with Crippen molar-refractivity contribution in [2.75, 3.05) is 19.7 Å². The number of ether oxygens (including phenoxy) is 1. The van der Waals surface area contributed by atoms with Crippen LogP contribution in [-0.4, -0.2) is 19.7 Å². The number of rotatable bonds is 1. The summed E-state index contributed by atoms with van der Waals surface area (Å²) in [5, 5.41) is 3.49. The second-order valence-corrected chi connectivity index (χ2v) is 5.84. The highest BCUT2D eigenvalue weighted by atomic mass is 79.9. The first-order chi connectivity index (χ1) is 8.34. The molecule has 1 aromatic rings. The number of nitrogens with one attached hydrogen (secondary N) is 1. The third-order valence-electron chi connectivity index (χ3n) is 3.75. The second kappa shape index (κ2) is 4.99. The Labute approximate surface area is 111 Å². The quantitative estimate of drug-likeness (QED) is 0.859. The first-order valence-corrected chi connectivity index (χ1v) is 7.30. The smallest absolute Gasteiger partial charge is 0.136 e. The van der Waals surface area contributed by atoms with E-state index in [0.717, 1.165) is 36.2 Å². The molecule has 0 aliphatic carbocycles. The molecule has 17 heavy (non-hydrogen) atoms. The summed E-state index contributed by atoms with van der Waals surface area (Å²) in [6, 6.07) is 4.61. The second-order valence-electron chi connectivity index (χ2n) is 4.99. The van der Waals surface area contributed by atoms with Gasteiger partial charge < -0.3 is 10.1 Å². The number of hydrogen-bond donors (Lipinski definition) is 1. The Morgan fingerprint density at radius 1 is 1.29 bits per heavy atom. The van der Waals surface area contributed by atoms with Crippen LogP contribution >= 0.6 is 15.9 Å². The summed E-state index contributed by atoms with van der Waals surface area (Å²) in [5.74, 6) is 1.75. The highest BCUT2D eigenvalue weighted by Crippen LogP contribution is 2.37. The van der Waals surface area contributed by atoms with Crippen molar-refractivity contribution in [3.05, 3.63) is 27.7 Å². The van der Waals surface area contributed by atoms with Crippen molar-refractivity contribution >= 4 is 15.9 Å². The monoisotopic (exact) mass is 295 g/mol. The van der Waals surface area contributed by atoms with E-state index in [0.29, 0.717) is 5.92 Å². The van der Waals surface area contributed by atoms with E-state index in [-0.39, 0.29) is 0 Å². The van der Waals surface area contributed by atoms with Gasteiger partial charge >= 0.3 is 0 Å². The topological polar surface area (TPSA) is 21.3 Å². The summed E-state index contributed by atoms with van der Waals surface area (Å²) in [7, 11) is 0. The molecular formula is C14H18BrNO. The van der Waals surface area contributed by atoms with Crippen LogP contribution in [0.1, 0.15) is 36.3 Å². The number of hydrogen-bond acceptors (Lipinski definition) is 2. The number of piperidine rings is 1. The zero-order valence-electron chi connectivity index (χ0n) is 9.97. The van der Waals surface area contributed by atoms with Gasteiger partial charge in [-0.1, -0.05) is 6.07 Å². The Morgan fingerprint density at radius 3 is 3.06 bits per heavy atom. The van der Waals surface area contributed by atoms with E-state index in [1.54, 1.807) is 0 Å². The van der Waals surface area contributed by atoms with Crippen molar-refractivity contribution in [3.8, 4) is 5.75 Å². The molecule has 0 spiro atoms. The Morgan fingerprint density at radius 2 is 2.24 bits per heavy atom. The standard InChI is InChI=1S/C14H18BrNO/c15-13-8-12(11-3-1-5-16-9-11)7-10-4-2-6-17-14(10)13/h7-8,11,16H,1-6,9H2/t11-/m0/s1. The van der Waals surface area contributed by atoms with E-state index in [2.05, 4.69) is 33.4 Å². The van der Waals surface area contributed by atoms with Crippen LogP contribution in [-0.2, 0) is 6.42 Å². The van der Waals surface area contributed by atoms with Crippen molar-refractivity contribution in [3.63, 3.8) is 0 Å². The average molecular weight is 296 g/mol. The van der Waals surface area contributed by atoms with Crippen molar-refractivity contribution in [1.82, 2.24) is 5.32 Å². The summed E-state index contributed by atoms with van der Waals surface area (Å²) in [6.07, 6.45) is 4.89. The average Bonchev–Trinajstić information content (AvgIpc) is 2.40. The molecule has 1 saturated heterocycles. The summed E-state index contributed by atoms with van der Waals surface area (Å²) in [6.45, 7) is 3.15. The molecule has 1 atom stereocenters. The third kappa shape index (κ3) is 2.36. The Bertz CT molecular complexity index is 413. The molecule has 0 unspecified atom stereocenters. The minimum atomic E-state index is 0.673. The SMILES string of the molecule is Brc1cc([C@H]2CCCNC2)cc2c1OCCC2. The lowest BCUT2D eigenvalue weighted by Gasteiger charge is -2.26. The molecule has 3 heteroatoms. The Kier molecular flexibility index (Phi) is 3.39. The first-order valence-electron chi connectivity index (χ1n) is 6.50. The van der Waals surface area contributed by atoms with Gasteiger partial charge in [0.05, 0.1) is 11.1 Å². The first kappa shape index (κ1) is 11.5. The van der Waals surface area contributed by atoms with Crippen molar-refractivity contribution in [2.45, 2.75) is 31.6 Å². The van der Waals surface area contributed by atoms with Gasteiger partial charge in [0, 0.05) is 6.54 Å². The highest BCUT2D eigenvalue weighted by molar-refractivity contribution is 9.10. The minimum absolute atomic E-state index is 0.673. The fourth-order valence-corrected chi connectivity index (χ4v) is 3.46. The predicted molar refractivity (Wildman–Crippen MR) is 72.8 cm³/mol. The van der Waals surface area contributed by atoms with Gasteiger partial charge in [-0.05, 0) is 71.3 Å². The number of aryl methyl sites for hydroxylation is 1. The van der Waals surface area contributed by atoms with Gasteiger partial charge in [0.1, 0.15) is 5.75 Å². The van der Waals surface area contributed by atoms with E-state index in [1.165, 1.54) is 30.5 Å². The summed E-state index contributed by atoms with van der Waals surface area (Å²) < 4.78 is 6.87.